The molecule has 2 aromatic carbocycles. The van der Waals surface area contributed by atoms with E-state index in [1.807, 2.05) is 60.7 Å². The van der Waals surface area contributed by atoms with Gasteiger partial charge in [-0.3, -0.25) is 9.59 Å². The van der Waals surface area contributed by atoms with Gasteiger partial charge in [-0.25, -0.2) is 0 Å². The Hall–Kier alpha value is -2.66. The lowest BCUT2D eigenvalue weighted by Crippen LogP contribution is -2.46. The van der Waals surface area contributed by atoms with Crippen LogP contribution in [0.3, 0.4) is 0 Å². The van der Waals surface area contributed by atoms with E-state index in [9.17, 15) is 9.59 Å². The molecule has 1 saturated heterocycles. The summed E-state index contributed by atoms with van der Waals surface area (Å²) < 4.78 is 5.77. The van der Waals surface area contributed by atoms with Gasteiger partial charge in [-0.15, -0.1) is 0 Å². The first-order valence-corrected chi connectivity index (χ1v) is 8.47. The van der Waals surface area contributed by atoms with Crippen molar-refractivity contribution in [1.29, 1.82) is 0 Å². The highest BCUT2D eigenvalue weighted by atomic mass is 16.5. The Morgan fingerprint density at radius 3 is 2.44 bits per heavy atom. The molecule has 1 N–H and O–H groups in total. The monoisotopic (exact) mass is 338 g/mol. The number of carbonyl (C=O) groups is 2. The molecule has 0 aliphatic carbocycles. The number of carbonyl (C=O) groups excluding carboxylic acids is 2. The summed E-state index contributed by atoms with van der Waals surface area (Å²) >= 11 is 0. The average Bonchev–Trinajstić information content (AvgIpc) is 2.68. The standard InChI is InChI=1S/C20H22N2O3/c23-19(13-16-7-3-1-4-8-16)21-14-20(24)22-11-12-25-18(15-22)17-9-5-2-6-10-17/h1-10,18H,11-15H2,(H,21,23). The van der Waals surface area contributed by atoms with Crippen LogP contribution in [0.15, 0.2) is 60.7 Å². The second-order valence-corrected chi connectivity index (χ2v) is 6.05. The first kappa shape index (κ1) is 17.2. The SMILES string of the molecule is O=C(Cc1ccccc1)NCC(=O)N1CCOC(c2ccccc2)C1. The Kier molecular flexibility index (Phi) is 5.80. The molecule has 2 amide bonds. The van der Waals surface area contributed by atoms with Crippen molar-refractivity contribution in [3.8, 4) is 0 Å². The lowest BCUT2D eigenvalue weighted by molar-refractivity contribution is -0.139. The van der Waals surface area contributed by atoms with Crippen molar-refractivity contribution in [2.45, 2.75) is 12.5 Å². The van der Waals surface area contributed by atoms with Gasteiger partial charge in [0.25, 0.3) is 0 Å². The molecular formula is C20H22N2O3. The molecule has 25 heavy (non-hydrogen) atoms. The van der Waals surface area contributed by atoms with Crippen LogP contribution in [0.25, 0.3) is 0 Å². The van der Waals surface area contributed by atoms with Gasteiger partial charge < -0.3 is 15.0 Å². The summed E-state index contributed by atoms with van der Waals surface area (Å²) in [5.41, 5.74) is 2.00. The van der Waals surface area contributed by atoms with Crippen molar-refractivity contribution in [3.63, 3.8) is 0 Å². The van der Waals surface area contributed by atoms with Gasteiger partial charge in [-0.1, -0.05) is 60.7 Å². The fourth-order valence-corrected chi connectivity index (χ4v) is 2.87. The maximum atomic E-state index is 12.4. The molecule has 0 aromatic heterocycles. The third kappa shape index (κ3) is 4.90. The van der Waals surface area contributed by atoms with E-state index in [0.717, 1.165) is 11.1 Å². The second kappa shape index (κ2) is 8.44. The molecule has 1 aliphatic heterocycles. The number of ether oxygens (including phenoxy) is 1. The lowest BCUT2D eigenvalue weighted by atomic mass is 10.1. The molecule has 5 nitrogen and oxygen atoms in total. The summed E-state index contributed by atoms with van der Waals surface area (Å²) in [6.45, 7) is 1.59. The van der Waals surface area contributed by atoms with Crippen molar-refractivity contribution >= 4 is 11.8 Å². The van der Waals surface area contributed by atoms with Gasteiger partial charge in [0.05, 0.1) is 26.1 Å². The molecule has 1 unspecified atom stereocenters. The number of amides is 2. The van der Waals surface area contributed by atoms with E-state index in [0.29, 0.717) is 19.7 Å². The number of nitrogens with one attached hydrogen (secondary N) is 1. The van der Waals surface area contributed by atoms with Gasteiger partial charge in [0, 0.05) is 6.54 Å². The summed E-state index contributed by atoms with van der Waals surface area (Å²) in [4.78, 5) is 26.1. The molecule has 1 atom stereocenters. The Bertz CT molecular complexity index is 703. The van der Waals surface area contributed by atoms with E-state index in [2.05, 4.69) is 5.32 Å². The minimum Gasteiger partial charge on any atom is -0.370 e. The predicted octanol–water partition coefficient (Wildman–Crippen LogP) is 1.95. The zero-order valence-electron chi connectivity index (χ0n) is 14.1. The summed E-state index contributed by atoms with van der Waals surface area (Å²) in [6.07, 6.45) is 0.170. The highest BCUT2D eigenvalue weighted by Crippen LogP contribution is 2.21. The van der Waals surface area contributed by atoms with E-state index in [1.165, 1.54) is 0 Å². The zero-order chi connectivity index (χ0) is 17.5. The number of morpholine rings is 1. The smallest absolute Gasteiger partial charge is 0.242 e. The molecule has 5 heteroatoms. The molecule has 0 bridgehead atoms. The number of benzene rings is 2. The highest BCUT2D eigenvalue weighted by Gasteiger charge is 2.25. The van der Waals surface area contributed by atoms with Crippen LogP contribution in [0.2, 0.25) is 0 Å². The molecule has 1 heterocycles. The molecule has 1 aliphatic rings. The largest absolute Gasteiger partial charge is 0.370 e. The van der Waals surface area contributed by atoms with E-state index in [-0.39, 0.29) is 30.9 Å². The summed E-state index contributed by atoms with van der Waals surface area (Å²) in [7, 11) is 0. The highest BCUT2D eigenvalue weighted by molar-refractivity contribution is 5.85. The lowest BCUT2D eigenvalue weighted by Gasteiger charge is -2.33. The van der Waals surface area contributed by atoms with E-state index in [1.54, 1.807) is 4.90 Å². The summed E-state index contributed by atoms with van der Waals surface area (Å²) in [5.74, 6) is -0.224. The Morgan fingerprint density at radius 1 is 1.04 bits per heavy atom. The van der Waals surface area contributed by atoms with Crippen molar-refractivity contribution < 1.29 is 14.3 Å². The van der Waals surface area contributed by atoms with Gasteiger partial charge in [-0.2, -0.15) is 0 Å². The molecular weight excluding hydrogens is 316 g/mol. The van der Waals surface area contributed by atoms with Crippen LogP contribution in [0, 0.1) is 0 Å². The minimum atomic E-state index is -0.146. The van der Waals surface area contributed by atoms with E-state index in [4.69, 9.17) is 4.74 Å². The van der Waals surface area contributed by atoms with Crippen LogP contribution in [-0.4, -0.2) is 43.0 Å². The van der Waals surface area contributed by atoms with Gasteiger partial charge in [-0.05, 0) is 11.1 Å². The number of rotatable bonds is 5. The fraction of sp³-hybridized carbons (Fsp3) is 0.300. The quantitative estimate of drug-likeness (QED) is 0.906. The van der Waals surface area contributed by atoms with Crippen LogP contribution in [0.5, 0.6) is 0 Å². The number of nitrogens with zero attached hydrogens (tertiary/aromatic N) is 1. The van der Waals surface area contributed by atoms with Crippen molar-refractivity contribution in [2.75, 3.05) is 26.2 Å². The molecule has 130 valence electrons. The predicted molar refractivity (Wildman–Crippen MR) is 94.9 cm³/mol. The maximum Gasteiger partial charge on any atom is 0.242 e. The van der Waals surface area contributed by atoms with Gasteiger partial charge in [0.1, 0.15) is 6.10 Å². The average molecular weight is 338 g/mol. The minimum absolute atomic E-state index is 0.0210. The van der Waals surface area contributed by atoms with Gasteiger partial charge in [0.2, 0.25) is 11.8 Å². The van der Waals surface area contributed by atoms with Crippen LogP contribution in [0.1, 0.15) is 17.2 Å². The van der Waals surface area contributed by atoms with Crippen molar-refractivity contribution in [2.24, 2.45) is 0 Å². The van der Waals surface area contributed by atoms with Crippen LogP contribution < -0.4 is 5.32 Å². The summed E-state index contributed by atoms with van der Waals surface area (Å²) in [6, 6.07) is 19.4. The van der Waals surface area contributed by atoms with Gasteiger partial charge >= 0.3 is 0 Å². The molecule has 0 spiro atoms. The van der Waals surface area contributed by atoms with Crippen LogP contribution in [0.4, 0.5) is 0 Å². The Labute approximate surface area is 147 Å². The maximum absolute atomic E-state index is 12.4. The molecule has 0 saturated carbocycles. The van der Waals surface area contributed by atoms with E-state index < -0.39 is 0 Å². The molecule has 2 aromatic rings. The molecule has 1 fully saturated rings. The molecule has 3 rings (SSSR count). The first-order valence-electron chi connectivity index (χ1n) is 8.47. The Morgan fingerprint density at radius 2 is 1.72 bits per heavy atom. The van der Waals surface area contributed by atoms with Crippen LogP contribution in [-0.2, 0) is 20.7 Å². The van der Waals surface area contributed by atoms with Gasteiger partial charge in [0.15, 0.2) is 0 Å². The van der Waals surface area contributed by atoms with E-state index >= 15 is 0 Å². The summed E-state index contributed by atoms with van der Waals surface area (Å²) in [5, 5.41) is 2.71. The molecule has 0 radical (unpaired) electrons. The van der Waals surface area contributed by atoms with Crippen molar-refractivity contribution in [3.05, 3.63) is 71.8 Å². The topological polar surface area (TPSA) is 58.6 Å². The second-order valence-electron chi connectivity index (χ2n) is 6.05. The first-order chi connectivity index (χ1) is 12.2. The zero-order valence-corrected chi connectivity index (χ0v) is 14.1. The third-order valence-electron chi connectivity index (χ3n) is 4.23. The fourth-order valence-electron chi connectivity index (χ4n) is 2.87. The van der Waals surface area contributed by atoms with Crippen molar-refractivity contribution in [1.82, 2.24) is 10.2 Å². The number of hydrogen-bond donors (Lipinski definition) is 1. The van der Waals surface area contributed by atoms with Crippen LogP contribution >= 0.6 is 0 Å². The number of hydrogen-bond acceptors (Lipinski definition) is 3. The normalized spacial score (nSPS) is 17.1. The Balaban J connectivity index is 1.48. The third-order valence-corrected chi connectivity index (χ3v) is 4.23.